The van der Waals surface area contributed by atoms with Crippen molar-refractivity contribution in [3.63, 3.8) is 0 Å². The summed E-state index contributed by atoms with van der Waals surface area (Å²) in [6.45, 7) is 17.4. The minimum absolute atomic E-state index is 0.676. The van der Waals surface area contributed by atoms with E-state index in [4.69, 9.17) is 0 Å². The van der Waals surface area contributed by atoms with Gasteiger partial charge in [0.15, 0.2) is 12.2 Å². The van der Waals surface area contributed by atoms with Crippen LogP contribution in [-0.2, 0) is 35.2 Å². The Morgan fingerprint density at radius 1 is 0.524 bits per heavy atom. The van der Waals surface area contributed by atoms with Crippen molar-refractivity contribution in [2.45, 2.75) is 62.3 Å². The maximum atomic E-state index is 3.94. The van der Waals surface area contributed by atoms with Crippen LogP contribution >= 0.6 is 34.0 Å². The molecule has 0 unspecified atom stereocenters. The molecule has 0 aromatic carbocycles. The number of hydrogen-bond donors (Lipinski definition) is 6. The van der Waals surface area contributed by atoms with Gasteiger partial charge in [-0.05, 0) is 90.1 Å². The fourth-order valence-corrected chi connectivity index (χ4v) is 5.30. The molecule has 0 fully saturated rings. The summed E-state index contributed by atoms with van der Waals surface area (Å²) in [5, 5.41) is 75.9. The summed E-state index contributed by atoms with van der Waals surface area (Å²) >= 11 is 4.96. The number of aromatic amines is 6. The van der Waals surface area contributed by atoms with Crippen LogP contribution in [0.15, 0.2) is 140 Å². The van der Waals surface area contributed by atoms with Gasteiger partial charge in [0.1, 0.15) is 37.0 Å². The van der Waals surface area contributed by atoms with E-state index in [1.807, 2.05) is 116 Å². The Labute approximate surface area is 495 Å². The van der Waals surface area contributed by atoms with E-state index in [2.05, 4.69) is 153 Å². The summed E-state index contributed by atoms with van der Waals surface area (Å²) in [4.78, 5) is 36.7. The standard InChI is InChI=1S/4C4H6N2.3C4H5NS.4C3H5N3.3C2H4N4/c1-4-2-5-3-6-4;1-6-4-2-3-5-6;1-4-5-2-3-6-4;1-4-2-3-5-6-4;1-4-2-6-3-5-4;1-4-2-5-3-6-4;1-4-5-2-3-6-4;1-6-3-4-2-5-6;1-6-4-2-3-5-6;1-3-4-2-5-6-3;1-3-2-4-6-5-3;1-6-2-3-4-5-6;1-6-4-2-3-5-6;1-2-3-5-6-4-2/h2-3H,1H3,(H,5,6);2-4H,1H3;2*2-3H,1H3,(H,5,6);5*2-3H,1H3;2*2H,1H3,(H,4,5,6);2*2H,1H3;1H3,(H,3,4,5,6). The summed E-state index contributed by atoms with van der Waals surface area (Å²) in [5.74, 6) is 2.50. The minimum atomic E-state index is 0.676. The van der Waals surface area contributed by atoms with Crippen LogP contribution in [0.5, 0.6) is 0 Å². The number of nitrogens with zero attached hydrogens (tertiary/aromatic N) is 29. The Balaban J connectivity index is 0.000000452. The van der Waals surface area contributed by atoms with E-state index in [-0.39, 0.29) is 0 Å². The lowest BCUT2D eigenvalue weighted by Crippen LogP contribution is -1.90. The Kier molecular flexibility index (Phi) is 41.2. The lowest BCUT2D eigenvalue weighted by atomic mass is 10.5. The zero-order valence-electron chi connectivity index (χ0n) is 49.0. The lowest BCUT2D eigenvalue weighted by molar-refractivity contribution is 0.630. The van der Waals surface area contributed by atoms with Gasteiger partial charge in [-0.3, -0.25) is 34.5 Å². The number of aromatic nitrogens is 35. The number of thiazole rings is 3. The summed E-state index contributed by atoms with van der Waals surface area (Å²) in [6, 6.07) is 3.81. The quantitative estimate of drug-likeness (QED) is 0.120. The highest BCUT2D eigenvalue weighted by molar-refractivity contribution is 7.09. The average Bonchev–Trinajstić information content (AvgIpc) is 4.27. The van der Waals surface area contributed by atoms with E-state index in [1.165, 1.54) is 44.5 Å². The predicted molar refractivity (Wildman–Crippen MR) is 314 cm³/mol. The third kappa shape index (κ3) is 46.4. The summed E-state index contributed by atoms with van der Waals surface area (Å²) in [5.41, 5.74) is 7.91. The van der Waals surface area contributed by atoms with Crippen LogP contribution in [0.1, 0.15) is 50.1 Å². The molecule has 0 aliphatic heterocycles. The summed E-state index contributed by atoms with van der Waals surface area (Å²) < 4.78 is 4.92. The third-order valence-corrected chi connectivity index (χ3v) is 9.82. The molecule has 35 nitrogen and oxygen atoms in total. The molecule has 14 rings (SSSR count). The fourth-order valence-electron chi connectivity index (χ4n) is 3.90. The Morgan fingerprint density at radius 3 is 1.50 bits per heavy atom. The first-order valence-electron chi connectivity index (χ1n) is 24.2. The van der Waals surface area contributed by atoms with Crippen molar-refractivity contribution in [1.82, 2.24) is 176 Å². The number of nitrogens with one attached hydrogen (secondary N) is 6. The maximum Gasteiger partial charge on any atom is 0.171 e. The van der Waals surface area contributed by atoms with E-state index in [0.29, 0.717) is 5.82 Å². The molecule has 448 valence electrons. The van der Waals surface area contributed by atoms with Crippen molar-refractivity contribution in [2.24, 2.45) is 35.2 Å². The Bertz CT molecular complexity index is 2410. The molecule has 0 amide bonds. The minimum Gasteiger partial charge on any atom is -0.349 e. The molecule has 0 aliphatic carbocycles. The number of hydrogen-bond acceptors (Lipinski definition) is 27. The molecule has 0 bridgehead atoms. The van der Waals surface area contributed by atoms with Gasteiger partial charge in [-0.2, -0.15) is 60.8 Å². The van der Waals surface area contributed by atoms with Crippen LogP contribution in [0.3, 0.4) is 0 Å². The van der Waals surface area contributed by atoms with Crippen LogP contribution in [0.4, 0.5) is 0 Å². The van der Waals surface area contributed by atoms with Gasteiger partial charge in [0, 0.05) is 110 Å². The normalized spacial score (nSPS) is 8.83. The second kappa shape index (κ2) is 48.4. The van der Waals surface area contributed by atoms with Gasteiger partial charge in [0.2, 0.25) is 0 Å². The van der Waals surface area contributed by atoms with Crippen LogP contribution in [0.2, 0.25) is 0 Å². The van der Waals surface area contributed by atoms with Gasteiger partial charge in [-0.15, -0.1) is 59.5 Å². The monoisotopic (exact) mass is 1210 g/mol. The number of tetrazole rings is 3. The van der Waals surface area contributed by atoms with E-state index >= 15 is 0 Å². The van der Waals surface area contributed by atoms with Crippen molar-refractivity contribution < 1.29 is 0 Å². The molecular formula is C46H71N35S3. The third-order valence-electron chi connectivity index (χ3n) is 7.71. The number of aryl methyl sites for hydroxylation is 14. The van der Waals surface area contributed by atoms with Crippen molar-refractivity contribution in [1.29, 1.82) is 0 Å². The first-order valence-corrected chi connectivity index (χ1v) is 26.9. The zero-order chi connectivity index (χ0) is 61.7. The first-order chi connectivity index (χ1) is 40.5. The van der Waals surface area contributed by atoms with Gasteiger partial charge in [-0.1, -0.05) is 5.21 Å². The first kappa shape index (κ1) is 71.5. The highest BCUT2D eigenvalue weighted by Gasteiger charge is 1.82. The molecule has 14 heterocycles. The number of imidazole rings is 2. The Morgan fingerprint density at radius 2 is 1.33 bits per heavy atom. The van der Waals surface area contributed by atoms with Crippen molar-refractivity contribution >= 4 is 34.0 Å². The van der Waals surface area contributed by atoms with E-state index < -0.39 is 0 Å². The summed E-state index contributed by atoms with van der Waals surface area (Å²) in [7, 11) is 8.97. The smallest absolute Gasteiger partial charge is 0.171 e. The molecular weight excluding hydrogens is 1140 g/mol. The molecule has 38 heteroatoms. The molecule has 0 aliphatic rings. The van der Waals surface area contributed by atoms with E-state index in [0.717, 1.165) is 39.4 Å². The van der Waals surface area contributed by atoms with Crippen molar-refractivity contribution in [2.75, 3.05) is 0 Å². The van der Waals surface area contributed by atoms with Gasteiger partial charge >= 0.3 is 0 Å². The maximum absolute atomic E-state index is 3.94. The highest BCUT2D eigenvalue weighted by atomic mass is 32.1. The van der Waals surface area contributed by atoms with Crippen molar-refractivity contribution in [3.8, 4) is 0 Å². The fraction of sp³-hybridized carbons (Fsp3) is 0.304. The molecule has 0 radical (unpaired) electrons. The van der Waals surface area contributed by atoms with Gasteiger partial charge in [-0.25, -0.2) is 24.6 Å². The topological polar surface area (TPSA) is 429 Å². The van der Waals surface area contributed by atoms with Crippen molar-refractivity contribution in [3.05, 3.63) is 190 Å². The number of rotatable bonds is 0. The molecule has 14 aromatic heterocycles. The Hall–Kier alpha value is -10.5. The van der Waals surface area contributed by atoms with Crippen LogP contribution in [-0.4, -0.2) is 176 Å². The highest BCUT2D eigenvalue weighted by Crippen LogP contribution is 2.00. The van der Waals surface area contributed by atoms with Crippen LogP contribution in [0, 0.1) is 62.3 Å². The second-order valence-electron chi connectivity index (χ2n) is 15.3. The molecule has 0 atom stereocenters. The van der Waals surface area contributed by atoms with Gasteiger partial charge in [0.25, 0.3) is 0 Å². The number of H-pyrrole nitrogens is 6. The molecule has 0 spiro atoms. The lowest BCUT2D eigenvalue weighted by Gasteiger charge is -1.77. The van der Waals surface area contributed by atoms with Gasteiger partial charge in [0.05, 0.1) is 53.7 Å². The van der Waals surface area contributed by atoms with E-state index in [9.17, 15) is 0 Å². The average molecular weight is 1210 g/mol. The molecule has 14 aromatic rings. The molecule has 6 N–H and O–H groups in total. The van der Waals surface area contributed by atoms with E-state index in [1.54, 1.807) is 140 Å². The second-order valence-corrected chi connectivity index (χ2v) is 18.2. The largest absolute Gasteiger partial charge is 0.349 e. The van der Waals surface area contributed by atoms with Crippen LogP contribution < -0.4 is 0 Å². The molecule has 0 saturated carbocycles. The SMILES string of the molecule is Cc1ccn[nH]1.Cc1cn[nH]n1.Cc1cnc[nH]1.Cc1cncs1.Cc1cscn1.Cc1ncc[nH]1.Cc1nccs1.Cc1ncn[nH]1.Cc1nn[nH]n1.Cn1cccn1.Cn1cncn1.Cn1cnnn1.Cn1nccn1.Cn1ncnn1. The molecule has 84 heavy (non-hydrogen) atoms. The predicted octanol–water partition coefficient (Wildman–Crippen LogP) is 4.71. The summed E-state index contributed by atoms with van der Waals surface area (Å²) in [6.07, 6.45) is 28.5. The van der Waals surface area contributed by atoms with Gasteiger partial charge < -0.3 is 9.97 Å². The zero-order valence-corrected chi connectivity index (χ0v) is 51.4. The molecule has 0 saturated heterocycles. The van der Waals surface area contributed by atoms with Crippen LogP contribution in [0.25, 0.3) is 0 Å².